The van der Waals surface area contributed by atoms with Gasteiger partial charge in [-0.15, -0.1) is 5.10 Å². The second kappa shape index (κ2) is 6.86. The van der Waals surface area contributed by atoms with Gasteiger partial charge in [-0.1, -0.05) is 17.3 Å². The first-order valence-corrected chi connectivity index (χ1v) is 8.44. The quantitative estimate of drug-likeness (QED) is 0.868. The number of aromatic nitrogens is 3. The third-order valence-corrected chi connectivity index (χ3v) is 4.79. The third-order valence-electron chi connectivity index (χ3n) is 4.79. The van der Waals surface area contributed by atoms with E-state index in [2.05, 4.69) is 46.3 Å². The van der Waals surface area contributed by atoms with Crippen molar-refractivity contribution in [2.45, 2.75) is 25.9 Å². The van der Waals surface area contributed by atoms with Crippen LogP contribution < -0.4 is 5.32 Å². The van der Waals surface area contributed by atoms with Crippen LogP contribution in [0.1, 0.15) is 13.8 Å². The number of carbonyl (C=O) groups excluding carboxylic acids is 1. The van der Waals surface area contributed by atoms with Crippen molar-refractivity contribution in [3.8, 4) is 0 Å². The lowest BCUT2D eigenvalue weighted by Crippen LogP contribution is -2.58. The maximum atomic E-state index is 12.3. The number of amides is 1. The monoisotopic (exact) mass is 330 g/mol. The smallest absolute Gasteiger partial charge is 0.241 e. The zero-order valence-corrected chi connectivity index (χ0v) is 14.7. The molecule has 7 heteroatoms. The van der Waals surface area contributed by atoms with Crippen molar-refractivity contribution >= 4 is 16.9 Å². The molecule has 2 heterocycles. The number of nitrogens with zero attached hydrogens (tertiary/aromatic N) is 5. The Labute approximate surface area is 142 Å². The van der Waals surface area contributed by atoms with E-state index in [1.54, 1.807) is 4.68 Å². The Morgan fingerprint density at radius 3 is 2.67 bits per heavy atom. The average molecular weight is 330 g/mol. The normalized spacial score (nSPS) is 17.3. The van der Waals surface area contributed by atoms with Crippen molar-refractivity contribution in [3.63, 3.8) is 0 Å². The largest absolute Gasteiger partial charge is 0.353 e. The van der Waals surface area contributed by atoms with Gasteiger partial charge in [-0.25, -0.2) is 4.68 Å². The number of nitrogens with one attached hydrogen (secondary N) is 1. The van der Waals surface area contributed by atoms with E-state index in [0.29, 0.717) is 6.54 Å². The molecule has 1 aromatic heterocycles. The summed E-state index contributed by atoms with van der Waals surface area (Å²) in [4.78, 5) is 17.1. The van der Waals surface area contributed by atoms with E-state index < -0.39 is 0 Å². The zero-order valence-electron chi connectivity index (χ0n) is 14.7. The van der Waals surface area contributed by atoms with Gasteiger partial charge in [-0.3, -0.25) is 9.69 Å². The van der Waals surface area contributed by atoms with Gasteiger partial charge in [0.15, 0.2) is 0 Å². The van der Waals surface area contributed by atoms with Crippen molar-refractivity contribution in [1.29, 1.82) is 0 Å². The fraction of sp³-hybridized carbons (Fsp3) is 0.588. The fourth-order valence-electron chi connectivity index (χ4n) is 3.06. The number of fused-ring (bicyclic) bond motifs is 1. The first-order chi connectivity index (χ1) is 11.5. The minimum atomic E-state index is -0.0542. The third kappa shape index (κ3) is 3.73. The van der Waals surface area contributed by atoms with Crippen LogP contribution >= 0.6 is 0 Å². The molecule has 1 fully saturated rings. The van der Waals surface area contributed by atoms with Crippen LogP contribution in [0.25, 0.3) is 11.0 Å². The molecule has 1 aromatic carbocycles. The van der Waals surface area contributed by atoms with Crippen molar-refractivity contribution in [1.82, 2.24) is 30.1 Å². The lowest BCUT2D eigenvalue weighted by atomic mass is 10.0. The number of hydrogen-bond acceptors (Lipinski definition) is 5. The molecule has 0 radical (unpaired) electrons. The molecule has 130 valence electrons. The van der Waals surface area contributed by atoms with Gasteiger partial charge in [0.2, 0.25) is 5.91 Å². The second-order valence-corrected chi connectivity index (χ2v) is 7.12. The van der Waals surface area contributed by atoms with Crippen LogP contribution in [0.5, 0.6) is 0 Å². The highest BCUT2D eigenvalue weighted by Crippen LogP contribution is 2.16. The van der Waals surface area contributed by atoms with E-state index in [0.717, 1.165) is 37.2 Å². The Morgan fingerprint density at radius 2 is 1.92 bits per heavy atom. The van der Waals surface area contributed by atoms with Gasteiger partial charge < -0.3 is 10.2 Å². The number of hydrogen-bond donors (Lipinski definition) is 1. The minimum absolute atomic E-state index is 0.0344. The van der Waals surface area contributed by atoms with Crippen LogP contribution in [0.2, 0.25) is 0 Å². The molecule has 1 amide bonds. The summed E-state index contributed by atoms with van der Waals surface area (Å²) in [5, 5.41) is 11.2. The molecule has 1 N–H and O–H groups in total. The van der Waals surface area contributed by atoms with Crippen LogP contribution in [0.3, 0.4) is 0 Å². The molecular weight excluding hydrogens is 304 g/mol. The van der Waals surface area contributed by atoms with Gasteiger partial charge in [0.05, 0.1) is 5.52 Å². The summed E-state index contributed by atoms with van der Waals surface area (Å²) in [7, 11) is 2.15. The number of rotatable bonds is 5. The maximum absolute atomic E-state index is 12.3. The standard InChI is InChI=1S/C17H26N6O/c1-17(2,22-10-8-21(3)9-11-22)13-18-16(24)12-23-15-7-5-4-6-14(15)19-20-23/h4-7H,8-13H2,1-3H3,(H,18,24). The van der Waals surface area contributed by atoms with E-state index in [1.807, 2.05) is 24.3 Å². The molecule has 0 saturated carbocycles. The van der Waals surface area contributed by atoms with Gasteiger partial charge in [-0.05, 0) is 33.0 Å². The molecule has 0 bridgehead atoms. The summed E-state index contributed by atoms with van der Waals surface area (Å²) in [6.07, 6.45) is 0. The van der Waals surface area contributed by atoms with Crippen molar-refractivity contribution in [3.05, 3.63) is 24.3 Å². The molecule has 2 aromatic rings. The van der Waals surface area contributed by atoms with E-state index in [9.17, 15) is 4.79 Å². The molecule has 24 heavy (non-hydrogen) atoms. The topological polar surface area (TPSA) is 66.3 Å². The summed E-state index contributed by atoms with van der Waals surface area (Å²) >= 11 is 0. The highest BCUT2D eigenvalue weighted by Gasteiger charge is 2.29. The molecule has 1 aliphatic rings. The van der Waals surface area contributed by atoms with Gasteiger partial charge >= 0.3 is 0 Å². The molecule has 7 nitrogen and oxygen atoms in total. The number of likely N-dealkylation sites (N-methyl/N-ethyl adjacent to an activating group) is 1. The van der Waals surface area contributed by atoms with Crippen LogP contribution in [0, 0.1) is 0 Å². The molecule has 0 unspecified atom stereocenters. The Hall–Kier alpha value is -1.99. The number of carbonyl (C=O) groups is 1. The Bertz CT molecular complexity index is 702. The highest BCUT2D eigenvalue weighted by atomic mass is 16.2. The van der Waals surface area contributed by atoms with Gasteiger partial charge in [0.25, 0.3) is 0 Å². The van der Waals surface area contributed by atoms with Crippen molar-refractivity contribution in [2.24, 2.45) is 0 Å². The predicted molar refractivity (Wildman–Crippen MR) is 93.7 cm³/mol. The SMILES string of the molecule is CN1CCN(C(C)(C)CNC(=O)Cn2nnc3ccccc32)CC1. The van der Waals surface area contributed by atoms with Crippen LogP contribution in [0.15, 0.2) is 24.3 Å². The van der Waals surface area contributed by atoms with Crippen LogP contribution in [-0.2, 0) is 11.3 Å². The first kappa shape index (κ1) is 16.9. The lowest BCUT2D eigenvalue weighted by Gasteiger charge is -2.43. The van der Waals surface area contributed by atoms with Crippen LogP contribution in [-0.4, -0.2) is 76.0 Å². The van der Waals surface area contributed by atoms with Crippen molar-refractivity contribution in [2.75, 3.05) is 39.8 Å². The summed E-state index contributed by atoms with van der Waals surface area (Å²) < 4.78 is 1.65. The first-order valence-electron chi connectivity index (χ1n) is 8.44. The number of piperazine rings is 1. The molecule has 1 aliphatic heterocycles. The molecule has 0 spiro atoms. The van der Waals surface area contributed by atoms with Crippen LogP contribution in [0.4, 0.5) is 0 Å². The Kier molecular flexibility index (Phi) is 4.82. The summed E-state index contributed by atoms with van der Waals surface area (Å²) in [5.74, 6) is -0.0344. The molecule has 1 saturated heterocycles. The fourth-order valence-corrected chi connectivity index (χ4v) is 3.06. The summed E-state index contributed by atoms with van der Waals surface area (Å²) in [6.45, 7) is 9.40. The Morgan fingerprint density at radius 1 is 1.21 bits per heavy atom. The second-order valence-electron chi connectivity index (χ2n) is 7.12. The zero-order chi connectivity index (χ0) is 17.2. The number of benzene rings is 1. The molecular formula is C17H26N6O. The lowest BCUT2D eigenvalue weighted by molar-refractivity contribution is -0.122. The highest BCUT2D eigenvalue weighted by molar-refractivity contribution is 5.79. The van der Waals surface area contributed by atoms with E-state index in [-0.39, 0.29) is 18.0 Å². The molecule has 0 atom stereocenters. The van der Waals surface area contributed by atoms with Gasteiger partial charge in [0.1, 0.15) is 12.1 Å². The maximum Gasteiger partial charge on any atom is 0.241 e. The molecule has 3 rings (SSSR count). The van der Waals surface area contributed by atoms with E-state index in [4.69, 9.17) is 0 Å². The Balaban J connectivity index is 1.55. The van der Waals surface area contributed by atoms with E-state index >= 15 is 0 Å². The van der Waals surface area contributed by atoms with Crippen molar-refractivity contribution < 1.29 is 4.79 Å². The summed E-state index contributed by atoms with van der Waals surface area (Å²) in [6, 6.07) is 7.67. The van der Waals surface area contributed by atoms with Gasteiger partial charge in [-0.2, -0.15) is 0 Å². The average Bonchev–Trinajstić information content (AvgIpc) is 2.97. The predicted octanol–water partition coefficient (Wildman–Crippen LogP) is 0.574. The number of para-hydroxylation sites is 1. The van der Waals surface area contributed by atoms with E-state index in [1.165, 1.54) is 0 Å². The minimum Gasteiger partial charge on any atom is -0.353 e. The molecule has 0 aliphatic carbocycles. The van der Waals surface area contributed by atoms with Gasteiger partial charge in [0, 0.05) is 38.3 Å². The summed E-state index contributed by atoms with van der Waals surface area (Å²) in [5.41, 5.74) is 1.63.